The summed E-state index contributed by atoms with van der Waals surface area (Å²) in [6.45, 7) is 3.44. The van der Waals surface area contributed by atoms with Crippen molar-refractivity contribution in [3.63, 3.8) is 0 Å². The lowest BCUT2D eigenvalue weighted by Crippen LogP contribution is -2.45. The van der Waals surface area contributed by atoms with E-state index in [2.05, 4.69) is 10.3 Å². The monoisotopic (exact) mass is 336 g/mol. The molecule has 24 heavy (non-hydrogen) atoms. The SMILES string of the molecule is CCOC1(C(=O)Nc2ccc(OCCOC)nc2)CCCCCC1. The number of methoxy groups -OCH3 is 1. The van der Waals surface area contributed by atoms with E-state index in [4.69, 9.17) is 14.2 Å². The van der Waals surface area contributed by atoms with E-state index in [0.29, 0.717) is 31.4 Å². The third-order valence-corrected chi connectivity index (χ3v) is 4.28. The summed E-state index contributed by atoms with van der Waals surface area (Å²) in [6, 6.07) is 3.54. The van der Waals surface area contributed by atoms with Gasteiger partial charge < -0.3 is 19.5 Å². The standard InChI is InChI=1S/C18H28N2O4/c1-3-24-18(10-6-4-5-7-11-18)17(21)20-15-8-9-16(19-14-15)23-13-12-22-2/h8-9,14H,3-7,10-13H2,1-2H3,(H,20,21). The highest BCUT2D eigenvalue weighted by Gasteiger charge is 2.39. The van der Waals surface area contributed by atoms with E-state index in [1.165, 1.54) is 0 Å². The summed E-state index contributed by atoms with van der Waals surface area (Å²) in [7, 11) is 1.62. The third-order valence-electron chi connectivity index (χ3n) is 4.28. The molecule has 0 aromatic carbocycles. The van der Waals surface area contributed by atoms with E-state index in [-0.39, 0.29) is 5.91 Å². The zero-order chi connectivity index (χ0) is 17.3. The van der Waals surface area contributed by atoms with Crippen molar-refractivity contribution in [2.45, 2.75) is 51.0 Å². The number of pyridine rings is 1. The summed E-state index contributed by atoms with van der Waals surface area (Å²) in [4.78, 5) is 17.0. The number of hydrogen-bond donors (Lipinski definition) is 1. The number of carbonyl (C=O) groups is 1. The van der Waals surface area contributed by atoms with Gasteiger partial charge in [0.2, 0.25) is 5.88 Å². The minimum absolute atomic E-state index is 0.0684. The van der Waals surface area contributed by atoms with Crippen molar-refractivity contribution in [2.24, 2.45) is 0 Å². The highest BCUT2D eigenvalue weighted by atomic mass is 16.5. The van der Waals surface area contributed by atoms with Crippen LogP contribution in [0.15, 0.2) is 18.3 Å². The number of anilines is 1. The van der Waals surface area contributed by atoms with Crippen LogP contribution in [0, 0.1) is 0 Å². The van der Waals surface area contributed by atoms with Crippen LogP contribution in [0.25, 0.3) is 0 Å². The van der Waals surface area contributed by atoms with Crippen LogP contribution in [0.4, 0.5) is 5.69 Å². The number of aromatic nitrogens is 1. The van der Waals surface area contributed by atoms with Gasteiger partial charge in [-0.3, -0.25) is 4.79 Å². The van der Waals surface area contributed by atoms with Gasteiger partial charge in [-0.2, -0.15) is 0 Å². The second kappa shape index (κ2) is 9.59. The summed E-state index contributed by atoms with van der Waals surface area (Å²) in [5.41, 5.74) is -0.0544. The lowest BCUT2D eigenvalue weighted by molar-refractivity contribution is -0.143. The molecule has 0 bridgehead atoms. The van der Waals surface area contributed by atoms with Crippen molar-refractivity contribution in [2.75, 3.05) is 32.2 Å². The third kappa shape index (κ3) is 5.18. The van der Waals surface area contributed by atoms with E-state index in [1.54, 1.807) is 25.4 Å². The van der Waals surface area contributed by atoms with Crippen LogP contribution in [-0.2, 0) is 14.3 Å². The van der Waals surface area contributed by atoms with Crippen LogP contribution in [-0.4, -0.2) is 43.4 Å². The van der Waals surface area contributed by atoms with Crippen LogP contribution >= 0.6 is 0 Å². The van der Waals surface area contributed by atoms with Gasteiger partial charge >= 0.3 is 0 Å². The molecule has 0 radical (unpaired) electrons. The van der Waals surface area contributed by atoms with Gasteiger partial charge in [0.25, 0.3) is 5.91 Å². The normalized spacial score (nSPS) is 17.1. The zero-order valence-electron chi connectivity index (χ0n) is 14.7. The largest absolute Gasteiger partial charge is 0.475 e. The van der Waals surface area contributed by atoms with Gasteiger partial charge in [0.05, 0.1) is 18.5 Å². The molecule has 1 aromatic heterocycles. The molecule has 0 atom stereocenters. The Balaban J connectivity index is 1.98. The number of hydrogen-bond acceptors (Lipinski definition) is 5. The molecule has 1 amide bonds. The van der Waals surface area contributed by atoms with E-state index in [1.807, 2.05) is 6.92 Å². The lowest BCUT2D eigenvalue weighted by Gasteiger charge is -2.31. The second-order valence-corrected chi connectivity index (χ2v) is 6.02. The van der Waals surface area contributed by atoms with E-state index >= 15 is 0 Å². The van der Waals surface area contributed by atoms with Crippen molar-refractivity contribution in [3.05, 3.63) is 18.3 Å². The number of nitrogens with one attached hydrogen (secondary N) is 1. The first-order valence-electron chi connectivity index (χ1n) is 8.73. The van der Waals surface area contributed by atoms with Crippen molar-refractivity contribution < 1.29 is 19.0 Å². The van der Waals surface area contributed by atoms with Gasteiger partial charge in [-0.1, -0.05) is 25.7 Å². The maximum Gasteiger partial charge on any atom is 0.256 e. The van der Waals surface area contributed by atoms with Crippen molar-refractivity contribution in [1.29, 1.82) is 0 Å². The lowest BCUT2D eigenvalue weighted by atomic mass is 9.93. The molecule has 1 aliphatic carbocycles. The average Bonchev–Trinajstić information content (AvgIpc) is 2.84. The van der Waals surface area contributed by atoms with Gasteiger partial charge in [-0.25, -0.2) is 4.98 Å². The Labute approximate surface area is 143 Å². The molecule has 0 unspecified atom stereocenters. The van der Waals surface area contributed by atoms with Crippen LogP contribution < -0.4 is 10.1 Å². The summed E-state index contributed by atoms with van der Waals surface area (Å²) < 4.78 is 16.3. The summed E-state index contributed by atoms with van der Waals surface area (Å²) in [5.74, 6) is 0.445. The molecule has 1 N–H and O–H groups in total. The van der Waals surface area contributed by atoms with Crippen molar-refractivity contribution >= 4 is 11.6 Å². The Morgan fingerprint density at radius 3 is 2.54 bits per heavy atom. The van der Waals surface area contributed by atoms with Gasteiger partial charge in [0, 0.05) is 19.8 Å². The highest BCUT2D eigenvalue weighted by molar-refractivity contribution is 5.97. The Hall–Kier alpha value is -1.66. The maximum atomic E-state index is 12.8. The molecule has 0 saturated heterocycles. The van der Waals surface area contributed by atoms with E-state index < -0.39 is 5.60 Å². The van der Waals surface area contributed by atoms with Gasteiger partial charge in [-0.15, -0.1) is 0 Å². The smallest absolute Gasteiger partial charge is 0.256 e. The molecule has 6 heteroatoms. The molecule has 1 aromatic rings. The van der Waals surface area contributed by atoms with Crippen molar-refractivity contribution in [1.82, 2.24) is 4.98 Å². The second-order valence-electron chi connectivity index (χ2n) is 6.02. The Morgan fingerprint density at radius 2 is 1.96 bits per heavy atom. The molecule has 134 valence electrons. The minimum atomic E-state index is -0.709. The number of rotatable bonds is 8. The first kappa shape index (κ1) is 18.7. The predicted octanol–water partition coefficient (Wildman–Crippen LogP) is 3.17. The molecule has 1 heterocycles. The quantitative estimate of drug-likeness (QED) is 0.583. The summed E-state index contributed by atoms with van der Waals surface area (Å²) >= 11 is 0. The molecule has 2 rings (SSSR count). The van der Waals surface area contributed by atoms with Crippen LogP contribution in [0.1, 0.15) is 45.4 Å². The first-order chi connectivity index (χ1) is 11.7. The number of carbonyl (C=O) groups excluding carboxylic acids is 1. The molecule has 0 spiro atoms. The molecule has 0 aliphatic heterocycles. The fourth-order valence-corrected chi connectivity index (χ4v) is 3.03. The fraction of sp³-hybridized carbons (Fsp3) is 0.667. The first-order valence-corrected chi connectivity index (χ1v) is 8.73. The molecule has 1 aliphatic rings. The fourth-order valence-electron chi connectivity index (χ4n) is 3.03. The summed E-state index contributed by atoms with van der Waals surface area (Å²) in [5, 5.41) is 2.95. The molecule has 1 saturated carbocycles. The predicted molar refractivity (Wildman–Crippen MR) is 92.3 cm³/mol. The average molecular weight is 336 g/mol. The van der Waals surface area contributed by atoms with Gasteiger partial charge in [0.1, 0.15) is 12.2 Å². The van der Waals surface area contributed by atoms with Gasteiger partial charge in [-0.05, 0) is 25.8 Å². The Kier molecular flexibility index (Phi) is 7.46. The van der Waals surface area contributed by atoms with Crippen LogP contribution in [0.3, 0.4) is 0 Å². The maximum absolute atomic E-state index is 12.8. The number of amides is 1. The Bertz CT molecular complexity index is 496. The molecule has 6 nitrogen and oxygen atoms in total. The van der Waals surface area contributed by atoms with Gasteiger partial charge in [0.15, 0.2) is 0 Å². The minimum Gasteiger partial charge on any atom is -0.475 e. The van der Waals surface area contributed by atoms with Crippen molar-refractivity contribution in [3.8, 4) is 5.88 Å². The van der Waals surface area contributed by atoms with E-state index in [9.17, 15) is 4.79 Å². The number of nitrogens with zero attached hydrogens (tertiary/aromatic N) is 1. The molecular weight excluding hydrogens is 308 g/mol. The zero-order valence-corrected chi connectivity index (χ0v) is 14.7. The molecular formula is C18H28N2O4. The van der Waals surface area contributed by atoms with Crippen LogP contribution in [0.2, 0.25) is 0 Å². The highest BCUT2D eigenvalue weighted by Crippen LogP contribution is 2.32. The Morgan fingerprint density at radius 1 is 1.21 bits per heavy atom. The summed E-state index contributed by atoms with van der Waals surface area (Å²) in [6.07, 6.45) is 7.54. The van der Waals surface area contributed by atoms with Crippen LogP contribution in [0.5, 0.6) is 5.88 Å². The van der Waals surface area contributed by atoms with E-state index in [0.717, 1.165) is 38.5 Å². The molecule has 1 fully saturated rings. The topological polar surface area (TPSA) is 69.7 Å². The number of ether oxygens (including phenoxy) is 3.